The Morgan fingerprint density at radius 3 is 2.00 bits per heavy atom. The zero-order valence-corrected chi connectivity index (χ0v) is 27.0. The van der Waals surface area contributed by atoms with Gasteiger partial charge < -0.3 is 15.0 Å². The van der Waals surface area contributed by atoms with Crippen LogP contribution in [-0.2, 0) is 32.6 Å². The van der Waals surface area contributed by atoms with Gasteiger partial charge in [0.15, 0.2) is 0 Å². The second-order valence-electron chi connectivity index (χ2n) is 11.1. The van der Waals surface area contributed by atoms with Gasteiger partial charge in [-0.05, 0) is 67.8 Å². The summed E-state index contributed by atoms with van der Waals surface area (Å²) in [5, 5.41) is 3.06. The highest BCUT2D eigenvalue weighted by atomic mass is 32.2. The summed E-state index contributed by atoms with van der Waals surface area (Å²) in [5.74, 6) is -0.286. The van der Waals surface area contributed by atoms with Crippen LogP contribution in [0.4, 0.5) is 5.69 Å². The average molecular weight is 628 g/mol. The van der Waals surface area contributed by atoms with Gasteiger partial charge in [0.05, 0.1) is 17.7 Å². The number of carbonyl (C=O) groups is 2. The molecule has 0 aliphatic carbocycles. The minimum Gasteiger partial charge on any atom is -0.497 e. The van der Waals surface area contributed by atoms with E-state index in [-0.39, 0.29) is 29.8 Å². The third kappa shape index (κ3) is 8.73. The number of methoxy groups -OCH3 is 1. The zero-order valence-electron chi connectivity index (χ0n) is 26.2. The summed E-state index contributed by atoms with van der Waals surface area (Å²) in [6.45, 7) is 5.49. The van der Waals surface area contributed by atoms with E-state index in [0.717, 1.165) is 27.4 Å². The molecule has 0 spiro atoms. The summed E-state index contributed by atoms with van der Waals surface area (Å²) in [6, 6.07) is 30.8. The van der Waals surface area contributed by atoms with Crippen molar-refractivity contribution in [3.63, 3.8) is 0 Å². The standard InChI is InChI=1S/C36H41N3O5S/c1-5-28(3)37-36(41)34(24-29-12-8-6-9-13-29)38(25-30-18-16-27(2)17-19-30)35(40)26-39(31-14-10-7-11-15-31)45(42,43)33-22-20-32(44-4)21-23-33/h6-23,28,34H,5,24-26H2,1-4H3,(H,37,41)/t28-,34-/m0/s1. The number of nitrogens with zero attached hydrogens (tertiary/aromatic N) is 2. The quantitative estimate of drug-likeness (QED) is 0.192. The van der Waals surface area contributed by atoms with Gasteiger partial charge in [0.25, 0.3) is 10.0 Å². The molecular weight excluding hydrogens is 586 g/mol. The third-order valence-corrected chi connectivity index (χ3v) is 9.50. The van der Waals surface area contributed by atoms with Gasteiger partial charge in [-0.15, -0.1) is 0 Å². The van der Waals surface area contributed by atoms with Crippen molar-refractivity contribution < 1.29 is 22.7 Å². The third-order valence-electron chi connectivity index (χ3n) is 7.72. The van der Waals surface area contributed by atoms with Gasteiger partial charge in [0.1, 0.15) is 18.3 Å². The molecule has 0 unspecified atom stereocenters. The summed E-state index contributed by atoms with van der Waals surface area (Å²) in [5.41, 5.74) is 3.11. The molecule has 4 aromatic rings. The summed E-state index contributed by atoms with van der Waals surface area (Å²) in [7, 11) is -2.68. The lowest BCUT2D eigenvalue weighted by molar-refractivity contribution is -0.140. The maximum atomic E-state index is 14.5. The minimum atomic E-state index is -4.18. The van der Waals surface area contributed by atoms with E-state index in [2.05, 4.69) is 5.32 Å². The average Bonchev–Trinajstić information content (AvgIpc) is 3.06. The molecule has 4 rings (SSSR count). The molecule has 2 atom stereocenters. The Bertz CT molecular complexity index is 1640. The molecular formula is C36H41N3O5S. The Labute approximate surface area is 266 Å². The predicted molar refractivity (Wildman–Crippen MR) is 178 cm³/mol. The monoisotopic (exact) mass is 627 g/mol. The van der Waals surface area contributed by atoms with Gasteiger partial charge in [0.2, 0.25) is 11.8 Å². The molecule has 1 N–H and O–H groups in total. The number of rotatable bonds is 14. The van der Waals surface area contributed by atoms with Crippen LogP contribution in [-0.4, -0.2) is 50.9 Å². The van der Waals surface area contributed by atoms with Crippen LogP contribution in [0.3, 0.4) is 0 Å². The van der Waals surface area contributed by atoms with Crippen molar-refractivity contribution in [1.29, 1.82) is 0 Å². The van der Waals surface area contributed by atoms with Crippen LogP contribution in [0.15, 0.2) is 114 Å². The van der Waals surface area contributed by atoms with E-state index in [9.17, 15) is 18.0 Å². The second-order valence-corrected chi connectivity index (χ2v) is 12.9. The van der Waals surface area contributed by atoms with E-state index in [0.29, 0.717) is 11.4 Å². The van der Waals surface area contributed by atoms with Crippen molar-refractivity contribution in [2.75, 3.05) is 18.0 Å². The molecule has 0 saturated heterocycles. The van der Waals surface area contributed by atoms with Crippen LogP contribution in [0.1, 0.15) is 37.0 Å². The summed E-state index contributed by atoms with van der Waals surface area (Å²) < 4.78 is 34.5. The van der Waals surface area contributed by atoms with Gasteiger partial charge in [-0.1, -0.05) is 85.3 Å². The molecule has 9 heteroatoms. The van der Waals surface area contributed by atoms with Crippen molar-refractivity contribution in [1.82, 2.24) is 10.2 Å². The number of nitrogens with one attached hydrogen (secondary N) is 1. The lowest BCUT2D eigenvalue weighted by Gasteiger charge is -2.34. The largest absolute Gasteiger partial charge is 0.497 e. The van der Waals surface area contributed by atoms with Gasteiger partial charge in [-0.25, -0.2) is 8.42 Å². The first-order chi connectivity index (χ1) is 21.6. The Morgan fingerprint density at radius 2 is 1.42 bits per heavy atom. The van der Waals surface area contributed by atoms with E-state index in [4.69, 9.17) is 4.74 Å². The van der Waals surface area contributed by atoms with Crippen LogP contribution in [0, 0.1) is 6.92 Å². The van der Waals surface area contributed by atoms with Crippen LogP contribution >= 0.6 is 0 Å². The molecule has 4 aromatic carbocycles. The topological polar surface area (TPSA) is 96.0 Å². The van der Waals surface area contributed by atoms with Crippen molar-refractivity contribution in [2.24, 2.45) is 0 Å². The molecule has 0 aliphatic heterocycles. The van der Waals surface area contributed by atoms with Gasteiger partial charge in [-0.3, -0.25) is 13.9 Å². The predicted octanol–water partition coefficient (Wildman–Crippen LogP) is 5.75. The first-order valence-corrected chi connectivity index (χ1v) is 16.5. The maximum absolute atomic E-state index is 14.5. The summed E-state index contributed by atoms with van der Waals surface area (Å²) >= 11 is 0. The number of para-hydroxylation sites is 1. The van der Waals surface area contributed by atoms with Gasteiger partial charge >= 0.3 is 0 Å². The van der Waals surface area contributed by atoms with Crippen molar-refractivity contribution in [3.05, 3.63) is 126 Å². The zero-order chi connectivity index (χ0) is 32.4. The first kappa shape index (κ1) is 33.3. The Morgan fingerprint density at radius 1 is 0.822 bits per heavy atom. The second kappa shape index (κ2) is 15.4. The summed E-state index contributed by atoms with van der Waals surface area (Å²) in [6.07, 6.45) is 0.981. The number of aryl methyl sites for hydroxylation is 1. The fraction of sp³-hybridized carbons (Fsp3) is 0.278. The summed E-state index contributed by atoms with van der Waals surface area (Å²) in [4.78, 5) is 29.9. The number of ether oxygens (including phenoxy) is 1. The molecule has 0 aliphatic rings. The van der Waals surface area contributed by atoms with E-state index >= 15 is 0 Å². The molecule has 0 saturated carbocycles. The number of benzene rings is 4. The van der Waals surface area contributed by atoms with Gasteiger partial charge in [0, 0.05) is 19.0 Å². The number of hydrogen-bond donors (Lipinski definition) is 1. The van der Waals surface area contributed by atoms with E-state index < -0.39 is 28.5 Å². The number of carbonyl (C=O) groups excluding carboxylic acids is 2. The van der Waals surface area contributed by atoms with E-state index in [1.807, 2.05) is 75.4 Å². The smallest absolute Gasteiger partial charge is 0.264 e. The number of anilines is 1. The maximum Gasteiger partial charge on any atom is 0.264 e. The van der Waals surface area contributed by atoms with E-state index in [1.54, 1.807) is 42.5 Å². The fourth-order valence-corrected chi connectivity index (χ4v) is 6.30. The molecule has 0 radical (unpaired) electrons. The molecule has 0 bridgehead atoms. The highest BCUT2D eigenvalue weighted by Gasteiger charge is 2.35. The van der Waals surface area contributed by atoms with Crippen LogP contribution in [0.5, 0.6) is 5.75 Å². The minimum absolute atomic E-state index is 0.0142. The van der Waals surface area contributed by atoms with E-state index in [1.165, 1.54) is 24.1 Å². The molecule has 8 nitrogen and oxygen atoms in total. The number of hydrogen-bond acceptors (Lipinski definition) is 5. The molecule has 236 valence electrons. The Kier molecular flexibility index (Phi) is 11.4. The fourth-order valence-electron chi connectivity index (χ4n) is 4.88. The van der Waals surface area contributed by atoms with Crippen LogP contribution in [0.25, 0.3) is 0 Å². The number of amides is 2. The highest BCUT2D eigenvalue weighted by molar-refractivity contribution is 7.92. The van der Waals surface area contributed by atoms with Crippen molar-refractivity contribution in [3.8, 4) is 5.75 Å². The highest BCUT2D eigenvalue weighted by Crippen LogP contribution is 2.26. The molecule has 45 heavy (non-hydrogen) atoms. The van der Waals surface area contributed by atoms with Crippen molar-refractivity contribution >= 4 is 27.5 Å². The molecule has 0 aromatic heterocycles. The lowest BCUT2D eigenvalue weighted by atomic mass is 10.0. The van der Waals surface area contributed by atoms with Crippen LogP contribution in [0.2, 0.25) is 0 Å². The lowest BCUT2D eigenvalue weighted by Crippen LogP contribution is -2.54. The van der Waals surface area contributed by atoms with Crippen molar-refractivity contribution in [2.45, 2.75) is 57.1 Å². The molecule has 0 fully saturated rings. The van der Waals surface area contributed by atoms with Crippen LogP contribution < -0.4 is 14.4 Å². The first-order valence-electron chi connectivity index (χ1n) is 15.0. The molecule has 2 amide bonds. The Hall–Kier alpha value is -4.63. The number of sulfonamides is 1. The van der Waals surface area contributed by atoms with Gasteiger partial charge in [-0.2, -0.15) is 0 Å². The SMILES string of the molecule is CC[C@H](C)NC(=O)[C@H](Cc1ccccc1)N(Cc1ccc(C)cc1)C(=O)CN(c1ccccc1)S(=O)(=O)c1ccc(OC)cc1. The molecule has 0 heterocycles. The normalized spacial score (nSPS) is 12.5. The Balaban J connectivity index is 1.78.